The molecule has 2 rings (SSSR count). The van der Waals surface area contributed by atoms with Crippen molar-refractivity contribution in [3.8, 4) is 0 Å². The third kappa shape index (κ3) is 3.40. The number of carbonyl (C=O) groups excluding carboxylic acids is 1. The van der Waals surface area contributed by atoms with E-state index in [4.69, 9.17) is 5.11 Å². The van der Waals surface area contributed by atoms with Crippen LogP contribution in [0, 0.1) is 12.8 Å². The van der Waals surface area contributed by atoms with Crippen LogP contribution in [0.5, 0.6) is 0 Å². The van der Waals surface area contributed by atoms with Crippen molar-refractivity contribution in [1.82, 2.24) is 14.5 Å². The zero-order valence-electron chi connectivity index (χ0n) is 11.8. The first-order chi connectivity index (χ1) is 9.92. The molecule has 0 bridgehead atoms. The summed E-state index contributed by atoms with van der Waals surface area (Å²) < 4.78 is 1.14. The Bertz CT molecular complexity index is 635. The lowest BCUT2D eigenvalue weighted by molar-refractivity contribution is -0.137. The third-order valence-corrected chi connectivity index (χ3v) is 3.80. The molecule has 1 saturated heterocycles. The molecule has 0 spiro atoms. The van der Waals surface area contributed by atoms with Crippen molar-refractivity contribution in [2.24, 2.45) is 5.92 Å². The van der Waals surface area contributed by atoms with Crippen molar-refractivity contribution >= 4 is 5.91 Å². The highest BCUT2D eigenvalue weighted by Crippen LogP contribution is 2.17. The van der Waals surface area contributed by atoms with Crippen LogP contribution in [-0.2, 0) is 11.3 Å². The fraction of sp³-hybridized carbons (Fsp3) is 0.615. The molecule has 0 saturated carbocycles. The van der Waals surface area contributed by atoms with E-state index in [1.807, 2.05) is 0 Å². The monoisotopic (exact) mass is 297 g/mol. The summed E-state index contributed by atoms with van der Waals surface area (Å²) >= 11 is 0. The molecule has 1 aromatic heterocycles. The number of H-pyrrole nitrogens is 1. The summed E-state index contributed by atoms with van der Waals surface area (Å²) in [6, 6.07) is 0. The van der Waals surface area contributed by atoms with E-state index in [1.165, 1.54) is 11.1 Å². The molecular formula is C13H19N3O5. The third-order valence-electron chi connectivity index (χ3n) is 3.80. The van der Waals surface area contributed by atoms with Crippen molar-refractivity contribution in [2.45, 2.75) is 26.0 Å². The minimum atomic E-state index is -0.762. The maximum Gasteiger partial charge on any atom is 0.328 e. The lowest BCUT2D eigenvalue weighted by Gasteiger charge is -2.35. The number of rotatable bonds is 3. The molecule has 1 aliphatic rings. The summed E-state index contributed by atoms with van der Waals surface area (Å²) in [4.78, 5) is 38.7. The van der Waals surface area contributed by atoms with E-state index in [0.29, 0.717) is 18.5 Å². The van der Waals surface area contributed by atoms with E-state index in [-0.39, 0.29) is 31.5 Å². The first kappa shape index (κ1) is 15.5. The second kappa shape index (κ2) is 6.23. The number of β-amino-alcohol motifs (C(OH)–C–C–N with tert-alkyl or cyclic N) is 1. The predicted octanol–water partition coefficient (Wildman–Crippen LogP) is -1.95. The molecule has 2 atom stereocenters. The van der Waals surface area contributed by atoms with Crippen LogP contribution in [-0.4, -0.2) is 56.4 Å². The molecule has 1 aromatic rings. The van der Waals surface area contributed by atoms with E-state index in [1.54, 1.807) is 6.92 Å². The first-order valence-electron chi connectivity index (χ1n) is 6.79. The van der Waals surface area contributed by atoms with Crippen LogP contribution in [0.2, 0.25) is 0 Å². The Balaban J connectivity index is 2.07. The van der Waals surface area contributed by atoms with Crippen LogP contribution >= 0.6 is 0 Å². The Morgan fingerprint density at radius 1 is 1.48 bits per heavy atom. The Labute approximate surface area is 120 Å². The Kier molecular flexibility index (Phi) is 4.59. The number of likely N-dealkylation sites (tertiary alicyclic amines) is 1. The highest BCUT2D eigenvalue weighted by molar-refractivity contribution is 5.76. The van der Waals surface area contributed by atoms with Gasteiger partial charge < -0.3 is 15.1 Å². The van der Waals surface area contributed by atoms with Gasteiger partial charge in [-0.1, -0.05) is 0 Å². The molecule has 21 heavy (non-hydrogen) atoms. The molecule has 0 unspecified atom stereocenters. The normalized spacial score (nSPS) is 22.3. The number of hydrogen-bond donors (Lipinski definition) is 3. The zero-order valence-corrected chi connectivity index (χ0v) is 11.8. The lowest BCUT2D eigenvalue weighted by Crippen LogP contribution is -2.49. The number of aliphatic hydroxyl groups is 2. The second-order valence-electron chi connectivity index (χ2n) is 5.34. The smallest absolute Gasteiger partial charge is 0.328 e. The van der Waals surface area contributed by atoms with E-state index in [2.05, 4.69) is 4.98 Å². The number of aromatic nitrogens is 2. The minimum absolute atomic E-state index is 0.109. The summed E-state index contributed by atoms with van der Waals surface area (Å²) in [7, 11) is 0. The van der Waals surface area contributed by atoms with Crippen LogP contribution in [0.15, 0.2) is 15.8 Å². The van der Waals surface area contributed by atoms with E-state index >= 15 is 0 Å². The average molecular weight is 297 g/mol. The topological polar surface area (TPSA) is 116 Å². The maximum absolute atomic E-state index is 12.2. The summed E-state index contributed by atoms with van der Waals surface area (Å²) in [5, 5.41) is 18.9. The number of nitrogens with zero attached hydrogens (tertiary/aromatic N) is 2. The molecule has 1 fully saturated rings. The summed E-state index contributed by atoms with van der Waals surface area (Å²) in [6.45, 7) is 1.82. The quantitative estimate of drug-likeness (QED) is 0.599. The first-order valence-corrected chi connectivity index (χ1v) is 6.79. The fourth-order valence-corrected chi connectivity index (χ4v) is 2.40. The Morgan fingerprint density at radius 3 is 2.81 bits per heavy atom. The van der Waals surface area contributed by atoms with Crippen molar-refractivity contribution in [2.75, 3.05) is 19.7 Å². The summed E-state index contributed by atoms with van der Waals surface area (Å²) in [5.41, 5.74) is -0.756. The van der Waals surface area contributed by atoms with Crippen LogP contribution in [0.1, 0.15) is 12.0 Å². The van der Waals surface area contributed by atoms with Gasteiger partial charge in [0.1, 0.15) is 6.54 Å². The lowest BCUT2D eigenvalue weighted by atomic mass is 9.95. The molecule has 2 heterocycles. The van der Waals surface area contributed by atoms with Crippen molar-refractivity contribution in [3.63, 3.8) is 0 Å². The van der Waals surface area contributed by atoms with Gasteiger partial charge in [0, 0.05) is 37.4 Å². The van der Waals surface area contributed by atoms with E-state index < -0.39 is 17.4 Å². The van der Waals surface area contributed by atoms with Crippen molar-refractivity contribution < 1.29 is 15.0 Å². The summed E-state index contributed by atoms with van der Waals surface area (Å²) in [6.07, 6.45) is 1.10. The van der Waals surface area contributed by atoms with Gasteiger partial charge in [0.15, 0.2) is 0 Å². The molecule has 0 aliphatic carbocycles. The minimum Gasteiger partial charge on any atom is -0.396 e. The Morgan fingerprint density at radius 2 is 2.19 bits per heavy atom. The number of nitrogens with one attached hydrogen (secondary N) is 1. The summed E-state index contributed by atoms with van der Waals surface area (Å²) in [5.74, 6) is -0.522. The van der Waals surface area contributed by atoms with Gasteiger partial charge in [0.2, 0.25) is 5.91 Å². The fourth-order valence-electron chi connectivity index (χ4n) is 2.40. The van der Waals surface area contributed by atoms with E-state index in [9.17, 15) is 19.5 Å². The van der Waals surface area contributed by atoms with Gasteiger partial charge in [0.05, 0.1) is 6.10 Å². The van der Waals surface area contributed by atoms with Gasteiger partial charge in [0.25, 0.3) is 5.56 Å². The molecule has 116 valence electrons. The number of aryl methyl sites for hydroxylation is 1. The molecule has 1 aliphatic heterocycles. The van der Waals surface area contributed by atoms with Crippen LogP contribution in [0.25, 0.3) is 0 Å². The van der Waals surface area contributed by atoms with Crippen molar-refractivity contribution in [3.05, 3.63) is 32.6 Å². The Hall–Kier alpha value is -1.93. The number of piperidine rings is 1. The molecule has 0 radical (unpaired) electrons. The number of hydrogen-bond acceptors (Lipinski definition) is 5. The molecule has 8 nitrogen and oxygen atoms in total. The molecule has 8 heteroatoms. The number of carbonyl (C=O) groups is 1. The zero-order chi connectivity index (χ0) is 15.6. The van der Waals surface area contributed by atoms with Gasteiger partial charge in [-0.15, -0.1) is 0 Å². The van der Waals surface area contributed by atoms with Crippen LogP contribution in [0.3, 0.4) is 0 Å². The van der Waals surface area contributed by atoms with Gasteiger partial charge in [-0.3, -0.25) is 19.1 Å². The molecular weight excluding hydrogens is 278 g/mol. The number of amides is 1. The molecule has 1 amide bonds. The number of aromatic amines is 1. The maximum atomic E-state index is 12.2. The van der Waals surface area contributed by atoms with Crippen molar-refractivity contribution in [1.29, 1.82) is 0 Å². The molecule has 3 N–H and O–H groups in total. The highest BCUT2D eigenvalue weighted by Gasteiger charge is 2.29. The predicted molar refractivity (Wildman–Crippen MR) is 73.8 cm³/mol. The highest BCUT2D eigenvalue weighted by atomic mass is 16.3. The van der Waals surface area contributed by atoms with Gasteiger partial charge in [-0.05, 0) is 13.3 Å². The van der Waals surface area contributed by atoms with E-state index in [0.717, 1.165) is 4.57 Å². The largest absolute Gasteiger partial charge is 0.396 e. The van der Waals surface area contributed by atoms with Gasteiger partial charge >= 0.3 is 5.69 Å². The standard InChI is InChI=1S/C13H19N3O5/c1-8-4-16(13(21)14-12(8)20)6-11(19)15-3-2-9(7-17)10(18)5-15/h4,9-10,17-18H,2-3,5-7H2,1H3,(H,14,20,21)/t9-,10+/m1/s1. The number of aliphatic hydroxyl groups excluding tert-OH is 2. The van der Waals surface area contributed by atoms with Crippen LogP contribution in [0.4, 0.5) is 0 Å². The van der Waals surface area contributed by atoms with Gasteiger partial charge in [-0.2, -0.15) is 0 Å². The average Bonchev–Trinajstić information content (AvgIpc) is 2.44. The SMILES string of the molecule is Cc1cn(CC(=O)N2CC[C@H](CO)[C@@H](O)C2)c(=O)[nH]c1=O. The van der Waals surface area contributed by atoms with Crippen LogP contribution < -0.4 is 11.2 Å². The molecule has 0 aromatic carbocycles. The van der Waals surface area contributed by atoms with Gasteiger partial charge in [-0.25, -0.2) is 4.79 Å². The second-order valence-corrected chi connectivity index (χ2v) is 5.34.